The van der Waals surface area contributed by atoms with Crippen LogP contribution in [0.4, 0.5) is 0 Å². The Morgan fingerprint density at radius 3 is 2.00 bits per heavy atom. The summed E-state index contributed by atoms with van der Waals surface area (Å²) in [7, 11) is 3.32. The largest absolute Gasteiger partial charge is 0.354 e. The third-order valence-electron chi connectivity index (χ3n) is 2.18. The van der Waals surface area contributed by atoms with Gasteiger partial charge in [0.25, 0.3) is 0 Å². The number of nitrogens with one attached hydrogen (secondary N) is 2. The first-order chi connectivity index (χ1) is 9.12. The van der Waals surface area contributed by atoms with Crippen molar-refractivity contribution in [1.29, 1.82) is 0 Å². The van der Waals surface area contributed by atoms with Gasteiger partial charge in [0, 0.05) is 35.4 Å². The van der Waals surface area contributed by atoms with E-state index in [2.05, 4.69) is 24.5 Å². The second-order valence-electron chi connectivity index (χ2n) is 6.04. The molecule has 0 aromatic heterocycles. The average Bonchev–Trinajstić information content (AvgIpc) is 2.21. The summed E-state index contributed by atoms with van der Waals surface area (Å²) in [5, 5.41) is 5.77. The predicted octanol–water partition coefficient (Wildman–Crippen LogP) is 2.98. The fourth-order valence-electron chi connectivity index (χ4n) is 1.52. The van der Waals surface area contributed by atoms with Gasteiger partial charge in [-0.2, -0.15) is 0 Å². The molecule has 0 spiro atoms. The predicted molar refractivity (Wildman–Crippen MR) is 89.9 cm³/mol. The minimum Gasteiger partial charge on any atom is -0.354 e. The van der Waals surface area contributed by atoms with Crippen LogP contribution in [-0.2, 0) is 9.59 Å². The van der Waals surface area contributed by atoms with Crippen LogP contribution in [0.15, 0.2) is 0 Å². The third-order valence-corrected chi connectivity index (χ3v) is 5.47. The van der Waals surface area contributed by atoms with Gasteiger partial charge in [-0.1, -0.05) is 21.6 Å². The molecule has 0 saturated heterocycles. The van der Waals surface area contributed by atoms with Crippen molar-refractivity contribution >= 4 is 33.4 Å². The molecule has 0 aromatic rings. The molecule has 0 atom stereocenters. The lowest BCUT2D eigenvalue weighted by Gasteiger charge is -2.23. The maximum Gasteiger partial charge on any atom is 0.221 e. The van der Waals surface area contributed by atoms with E-state index in [-0.39, 0.29) is 28.6 Å². The van der Waals surface area contributed by atoms with Gasteiger partial charge in [0.05, 0.1) is 0 Å². The number of carbonyl (C=O) groups excluding carboxylic acids is 2. The van der Waals surface area contributed by atoms with E-state index >= 15 is 0 Å². The van der Waals surface area contributed by atoms with Crippen LogP contribution in [0, 0.1) is 0 Å². The molecule has 0 aliphatic carbocycles. The maximum atomic E-state index is 11.7. The van der Waals surface area contributed by atoms with Crippen molar-refractivity contribution in [2.45, 2.75) is 71.2 Å². The third kappa shape index (κ3) is 11.5. The number of carbonyl (C=O) groups is 2. The lowest BCUT2D eigenvalue weighted by molar-refractivity contribution is -0.122. The highest BCUT2D eigenvalue weighted by Gasteiger charge is 2.23. The van der Waals surface area contributed by atoms with Gasteiger partial charge in [-0.25, -0.2) is 0 Å². The topological polar surface area (TPSA) is 58.2 Å². The number of hydrogen-bond donors (Lipinski definition) is 2. The number of hydrogen-bond acceptors (Lipinski definition) is 4. The SMILES string of the molecule is CC(C)NC(=O)CCSSC(C)(C)CC(=O)NC(C)C. The minimum absolute atomic E-state index is 0.0793. The highest BCUT2D eigenvalue weighted by molar-refractivity contribution is 8.77. The van der Waals surface area contributed by atoms with Crippen molar-refractivity contribution in [3.8, 4) is 0 Å². The van der Waals surface area contributed by atoms with Crippen LogP contribution in [0.5, 0.6) is 0 Å². The van der Waals surface area contributed by atoms with E-state index in [1.165, 1.54) is 0 Å². The molecule has 6 heteroatoms. The van der Waals surface area contributed by atoms with Gasteiger partial charge in [0.2, 0.25) is 11.8 Å². The van der Waals surface area contributed by atoms with Gasteiger partial charge < -0.3 is 10.6 Å². The monoisotopic (exact) mass is 320 g/mol. The summed E-state index contributed by atoms with van der Waals surface area (Å²) in [5.74, 6) is 0.928. The first-order valence-electron chi connectivity index (χ1n) is 7.02. The highest BCUT2D eigenvalue weighted by Crippen LogP contribution is 2.38. The zero-order chi connectivity index (χ0) is 15.8. The normalized spacial score (nSPS) is 11.8. The standard InChI is InChI=1S/C14H28N2O2S2/c1-10(2)15-12(17)7-8-19-20-14(5,6)9-13(18)16-11(3)4/h10-11H,7-9H2,1-6H3,(H,15,17)(H,16,18). The molecule has 0 radical (unpaired) electrons. The van der Waals surface area contributed by atoms with Gasteiger partial charge in [-0.15, -0.1) is 0 Å². The molecule has 20 heavy (non-hydrogen) atoms. The van der Waals surface area contributed by atoms with E-state index in [1.807, 2.05) is 27.7 Å². The quantitative estimate of drug-likeness (QED) is 0.506. The van der Waals surface area contributed by atoms with Crippen LogP contribution >= 0.6 is 21.6 Å². The molecule has 0 rings (SSSR count). The first-order valence-corrected chi connectivity index (χ1v) is 9.33. The van der Waals surface area contributed by atoms with E-state index in [0.29, 0.717) is 12.8 Å². The molecule has 0 fully saturated rings. The molecule has 0 unspecified atom stereocenters. The summed E-state index contributed by atoms with van der Waals surface area (Å²) >= 11 is 0. The zero-order valence-corrected chi connectivity index (χ0v) is 15.0. The Kier molecular flexibility index (Phi) is 9.38. The van der Waals surface area contributed by atoms with Crippen LogP contribution in [-0.4, -0.2) is 34.4 Å². The van der Waals surface area contributed by atoms with Crippen LogP contribution in [0.3, 0.4) is 0 Å². The molecule has 2 N–H and O–H groups in total. The maximum absolute atomic E-state index is 11.7. The molecule has 0 aromatic carbocycles. The van der Waals surface area contributed by atoms with Crippen molar-refractivity contribution in [3.05, 3.63) is 0 Å². The number of amides is 2. The van der Waals surface area contributed by atoms with Crippen LogP contribution in [0.1, 0.15) is 54.4 Å². The fourth-order valence-corrected chi connectivity index (χ4v) is 4.01. The Morgan fingerprint density at radius 2 is 1.50 bits per heavy atom. The summed E-state index contributed by atoms with van der Waals surface area (Å²) in [6.45, 7) is 11.9. The Labute approximate surface area is 131 Å². The second-order valence-corrected chi connectivity index (χ2v) is 9.16. The van der Waals surface area contributed by atoms with Crippen molar-refractivity contribution < 1.29 is 9.59 Å². The summed E-state index contributed by atoms with van der Waals surface area (Å²) in [6.07, 6.45) is 1.01. The molecule has 4 nitrogen and oxygen atoms in total. The van der Waals surface area contributed by atoms with E-state index in [0.717, 1.165) is 5.75 Å². The van der Waals surface area contributed by atoms with Crippen LogP contribution in [0.25, 0.3) is 0 Å². The van der Waals surface area contributed by atoms with E-state index in [4.69, 9.17) is 0 Å². The average molecular weight is 321 g/mol. The van der Waals surface area contributed by atoms with Gasteiger partial charge in [-0.05, 0) is 41.5 Å². The number of rotatable bonds is 9. The van der Waals surface area contributed by atoms with Gasteiger partial charge in [-0.3, -0.25) is 9.59 Å². The fraction of sp³-hybridized carbons (Fsp3) is 0.857. The second kappa shape index (κ2) is 9.55. The van der Waals surface area contributed by atoms with Crippen molar-refractivity contribution in [2.24, 2.45) is 0 Å². The molecular weight excluding hydrogens is 292 g/mol. The Balaban J connectivity index is 3.87. The Bertz CT molecular complexity index is 318. The van der Waals surface area contributed by atoms with Gasteiger partial charge in [0.15, 0.2) is 0 Å². The van der Waals surface area contributed by atoms with Crippen molar-refractivity contribution in [3.63, 3.8) is 0 Å². The summed E-state index contributed by atoms with van der Waals surface area (Å²) in [5.41, 5.74) is 0. The zero-order valence-electron chi connectivity index (χ0n) is 13.4. The smallest absolute Gasteiger partial charge is 0.221 e. The Morgan fingerprint density at radius 1 is 1.00 bits per heavy atom. The summed E-state index contributed by atoms with van der Waals surface area (Å²) in [4.78, 5) is 23.2. The van der Waals surface area contributed by atoms with Crippen molar-refractivity contribution in [1.82, 2.24) is 10.6 Å². The van der Waals surface area contributed by atoms with Crippen LogP contribution in [0.2, 0.25) is 0 Å². The minimum atomic E-state index is -0.127. The Hall–Kier alpha value is -0.360. The van der Waals surface area contributed by atoms with Crippen LogP contribution < -0.4 is 10.6 Å². The molecule has 0 bridgehead atoms. The summed E-state index contributed by atoms with van der Waals surface area (Å²) < 4.78 is -0.127. The van der Waals surface area contributed by atoms with E-state index < -0.39 is 0 Å². The summed E-state index contributed by atoms with van der Waals surface area (Å²) in [6, 6.07) is 0.368. The molecule has 2 amide bonds. The molecule has 0 saturated carbocycles. The van der Waals surface area contributed by atoms with Gasteiger partial charge >= 0.3 is 0 Å². The highest BCUT2D eigenvalue weighted by atomic mass is 33.1. The lowest BCUT2D eigenvalue weighted by Crippen LogP contribution is -2.34. The molecule has 118 valence electrons. The lowest BCUT2D eigenvalue weighted by atomic mass is 10.1. The molecule has 0 aliphatic rings. The molecule has 0 heterocycles. The van der Waals surface area contributed by atoms with E-state index in [1.54, 1.807) is 21.6 Å². The van der Waals surface area contributed by atoms with E-state index in [9.17, 15) is 9.59 Å². The van der Waals surface area contributed by atoms with Gasteiger partial charge in [0.1, 0.15) is 0 Å². The first kappa shape index (κ1) is 19.6. The molecular formula is C14H28N2O2S2. The van der Waals surface area contributed by atoms with Crippen molar-refractivity contribution in [2.75, 3.05) is 5.75 Å². The molecule has 0 aliphatic heterocycles.